The lowest BCUT2D eigenvalue weighted by Gasteiger charge is -2.40. The van der Waals surface area contributed by atoms with Crippen molar-refractivity contribution in [1.82, 2.24) is 9.99 Å². The zero-order valence-corrected chi connectivity index (χ0v) is 18.9. The van der Waals surface area contributed by atoms with E-state index in [0.717, 1.165) is 18.1 Å². The van der Waals surface area contributed by atoms with E-state index in [1.54, 1.807) is 17.1 Å². The van der Waals surface area contributed by atoms with E-state index in [-0.39, 0.29) is 23.9 Å². The number of fused-ring (bicyclic) bond motifs is 3. The molecule has 1 aromatic heterocycles. The van der Waals surface area contributed by atoms with E-state index in [0.29, 0.717) is 21.2 Å². The Labute approximate surface area is 197 Å². The maximum atomic E-state index is 14.9. The number of carbonyl (C=O) groups excluding carboxylic acids is 2. The summed E-state index contributed by atoms with van der Waals surface area (Å²) in [6.07, 6.45) is 1.45. The average molecular weight is 486 g/mol. The van der Waals surface area contributed by atoms with Crippen LogP contribution in [0.15, 0.2) is 58.4 Å². The van der Waals surface area contributed by atoms with E-state index in [1.807, 2.05) is 18.2 Å². The number of ether oxygens (including phenoxy) is 1. The third-order valence-corrected chi connectivity index (χ3v) is 6.95. The summed E-state index contributed by atoms with van der Waals surface area (Å²) < 4.78 is 21.5. The molecule has 1 unspecified atom stereocenters. The number of benzene rings is 2. The van der Waals surface area contributed by atoms with Crippen molar-refractivity contribution in [2.75, 3.05) is 11.7 Å². The number of nitrogens with zero attached hydrogens (tertiary/aromatic N) is 2. The van der Waals surface area contributed by atoms with Crippen molar-refractivity contribution in [3.05, 3.63) is 92.1 Å². The average Bonchev–Trinajstić information content (AvgIpc) is 2.93. The van der Waals surface area contributed by atoms with Gasteiger partial charge in [0.15, 0.2) is 5.69 Å². The summed E-state index contributed by atoms with van der Waals surface area (Å²) >= 11 is 7.63. The molecule has 0 spiro atoms. The highest BCUT2D eigenvalue weighted by atomic mass is 35.5. The molecule has 0 radical (unpaired) electrons. The summed E-state index contributed by atoms with van der Waals surface area (Å²) in [4.78, 5) is 37.3. The molecule has 0 bridgehead atoms. The van der Waals surface area contributed by atoms with E-state index >= 15 is 0 Å². The van der Waals surface area contributed by atoms with Crippen molar-refractivity contribution in [1.29, 1.82) is 0 Å². The second-order valence-electron chi connectivity index (χ2n) is 7.59. The van der Waals surface area contributed by atoms with Gasteiger partial charge in [-0.25, -0.2) is 4.39 Å². The smallest absolute Gasteiger partial charge is 0.308 e. The first kappa shape index (κ1) is 21.5. The minimum Gasteiger partial charge on any atom is -0.420 e. The largest absolute Gasteiger partial charge is 0.420 e. The lowest BCUT2D eigenvalue weighted by atomic mass is 9.94. The van der Waals surface area contributed by atoms with E-state index in [4.69, 9.17) is 16.3 Å². The van der Waals surface area contributed by atoms with Gasteiger partial charge in [0.05, 0.1) is 6.04 Å². The van der Waals surface area contributed by atoms with Gasteiger partial charge in [-0.2, -0.15) is 0 Å². The second-order valence-corrected chi connectivity index (χ2v) is 9.01. The summed E-state index contributed by atoms with van der Waals surface area (Å²) in [5, 5.41) is 5.10. The maximum absolute atomic E-state index is 14.9. The molecule has 2 aliphatic rings. The number of carbonyl (C=O) groups is 2. The molecule has 2 aromatic carbocycles. The molecule has 0 aliphatic carbocycles. The summed E-state index contributed by atoms with van der Waals surface area (Å²) in [7, 11) is 0. The third-order valence-electron chi connectivity index (χ3n) is 5.54. The lowest BCUT2D eigenvalue weighted by molar-refractivity contribution is -0.132. The Morgan fingerprint density at radius 3 is 2.82 bits per heavy atom. The van der Waals surface area contributed by atoms with Crippen LogP contribution < -0.4 is 20.5 Å². The number of thioether (sulfide) groups is 1. The maximum Gasteiger partial charge on any atom is 0.308 e. The standard InChI is InChI=1S/C23H17ClFN3O4S/c1-12(29)32-21-18(30)7-8-27-20(21)23(31)26-11-28(27)19-15-6-5-14(24)9-13(15)10-33-22-16(19)3-2-4-17(22)25/h2-9,19H,10-11H2,1H3,(H,26,31). The Hall–Kier alpha value is -3.30. The van der Waals surface area contributed by atoms with Crippen molar-refractivity contribution < 1.29 is 18.7 Å². The van der Waals surface area contributed by atoms with Gasteiger partial charge < -0.3 is 10.1 Å². The molecule has 0 saturated heterocycles. The van der Waals surface area contributed by atoms with Gasteiger partial charge in [-0.05, 0) is 34.9 Å². The molecule has 7 nitrogen and oxygen atoms in total. The summed E-state index contributed by atoms with van der Waals surface area (Å²) in [5.74, 6) is -1.46. The molecular formula is C23H17ClFN3O4S. The molecule has 168 valence electrons. The van der Waals surface area contributed by atoms with Crippen molar-refractivity contribution in [3.8, 4) is 5.75 Å². The number of amides is 1. The van der Waals surface area contributed by atoms with Crippen LogP contribution in [-0.4, -0.2) is 23.2 Å². The fraction of sp³-hybridized carbons (Fsp3) is 0.174. The lowest BCUT2D eigenvalue weighted by Crippen LogP contribution is -2.54. The van der Waals surface area contributed by atoms with Crippen LogP contribution in [0.4, 0.5) is 4.39 Å². The van der Waals surface area contributed by atoms with Crippen LogP contribution in [0.5, 0.6) is 5.75 Å². The summed E-state index contributed by atoms with van der Waals surface area (Å²) in [6, 6.07) is 11.1. The van der Waals surface area contributed by atoms with Crippen LogP contribution in [-0.2, 0) is 10.5 Å². The number of pyridine rings is 1. The van der Waals surface area contributed by atoms with Gasteiger partial charge in [0.1, 0.15) is 12.5 Å². The van der Waals surface area contributed by atoms with Gasteiger partial charge >= 0.3 is 5.97 Å². The summed E-state index contributed by atoms with van der Waals surface area (Å²) in [5.41, 5.74) is 1.81. The first-order valence-corrected chi connectivity index (χ1v) is 11.4. The monoisotopic (exact) mass is 485 g/mol. The molecule has 2 aliphatic heterocycles. The highest BCUT2D eigenvalue weighted by molar-refractivity contribution is 7.98. The van der Waals surface area contributed by atoms with Crippen molar-refractivity contribution in [2.45, 2.75) is 23.6 Å². The number of nitrogens with one attached hydrogen (secondary N) is 1. The molecule has 1 amide bonds. The molecule has 33 heavy (non-hydrogen) atoms. The molecule has 1 atom stereocenters. The predicted molar refractivity (Wildman–Crippen MR) is 122 cm³/mol. The van der Waals surface area contributed by atoms with E-state index in [1.165, 1.54) is 34.8 Å². The number of aromatic nitrogens is 1. The zero-order valence-electron chi connectivity index (χ0n) is 17.3. The van der Waals surface area contributed by atoms with E-state index in [2.05, 4.69) is 5.32 Å². The first-order chi connectivity index (χ1) is 15.8. The van der Waals surface area contributed by atoms with Crippen LogP contribution >= 0.6 is 23.4 Å². The zero-order chi connectivity index (χ0) is 23.3. The van der Waals surface area contributed by atoms with Crippen LogP contribution in [0.25, 0.3) is 0 Å². The Kier molecular flexibility index (Phi) is 5.38. The van der Waals surface area contributed by atoms with Crippen molar-refractivity contribution in [3.63, 3.8) is 0 Å². The number of hydrogen-bond acceptors (Lipinski definition) is 6. The SMILES string of the molecule is CC(=O)Oc1c2n(ccc1=O)N(C1c3ccc(Cl)cc3CSc3c(F)cccc31)CNC2=O. The van der Waals surface area contributed by atoms with Crippen molar-refractivity contribution >= 4 is 35.2 Å². The topological polar surface area (TPSA) is 80.6 Å². The molecule has 3 aromatic rings. The molecular weight excluding hydrogens is 469 g/mol. The fourth-order valence-electron chi connectivity index (χ4n) is 4.20. The minimum atomic E-state index is -0.718. The van der Waals surface area contributed by atoms with Gasteiger partial charge in [0.2, 0.25) is 11.2 Å². The second kappa shape index (κ2) is 8.24. The fourth-order valence-corrected chi connectivity index (χ4v) is 5.50. The first-order valence-electron chi connectivity index (χ1n) is 10.0. The number of halogens is 2. The number of hydrogen-bond donors (Lipinski definition) is 1. The van der Waals surface area contributed by atoms with E-state index < -0.39 is 23.3 Å². The molecule has 0 fully saturated rings. The molecule has 3 heterocycles. The highest BCUT2D eigenvalue weighted by Gasteiger charge is 2.36. The Bertz CT molecular complexity index is 1380. The quantitative estimate of drug-likeness (QED) is 0.559. The normalized spacial score (nSPS) is 16.8. The Morgan fingerprint density at radius 2 is 2.03 bits per heavy atom. The van der Waals surface area contributed by atoms with Gasteiger partial charge in [-0.3, -0.25) is 24.1 Å². The van der Waals surface area contributed by atoms with Gasteiger partial charge in [-0.1, -0.05) is 29.8 Å². The predicted octanol–water partition coefficient (Wildman–Crippen LogP) is 3.60. The van der Waals surface area contributed by atoms with Crippen molar-refractivity contribution in [2.24, 2.45) is 0 Å². The third kappa shape index (κ3) is 3.67. The van der Waals surface area contributed by atoms with Crippen LogP contribution in [0.1, 0.15) is 40.1 Å². The van der Waals surface area contributed by atoms with Crippen LogP contribution in [0.2, 0.25) is 5.02 Å². The number of rotatable bonds is 2. The van der Waals surface area contributed by atoms with Gasteiger partial charge in [-0.15, -0.1) is 11.8 Å². The highest BCUT2D eigenvalue weighted by Crippen LogP contribution is 2.44. The molecule has 10 heteroatoms. The van der Waals surface area contributed by atoms with Crippen LogP contribution in [0.3, 0.4) is 0 Å². The molecule has 1 N–H and O–H groups in total. The van der Waals surface area contributed by atoms with Crippen LogP contribution in [0, 0.1) is 5.82 Å². The number of esters is 1. The van der Waals surface area contributed by atoms with Gasteiger partial charge in [0.25, 0.3) is 5.91 Å². The van der Waals surface area contributed by atoms with Gasteiger partial charge in [0, 0.05) is 34.9 Å². The molecule has 5 rings (SSSR count). The Balaban J connectivity index is 1.77. The minimum absolute atomic E-state index is 0.0710. The Morgan fingerprint density at radius 1 is 1.21 bits per heavy atom. The molecule has 0 saturated carbocycles. The summed E-state index contributed by atoms with van der Waals surface area (Å²) in [6.45, 7) is 1.23. The van der Waals surface area contributed by atoms with E-state index in [9.17, 15) is 18.8 Å².